The number of benzene rings is 2. The number of carbonyl (C=O) groups excluding carboxylic acids is 1. The van der Waals surface area contributed by atoms with Crippen LogP contribution in [0.1, 0.15) is 24.8 Å². The summed E-state index contributed by atoms with van der Waals surface area (Å²) in [7, 11) is 1.99. The van der Waals surface area contributed by atoms with Crippen LogP contribution >= 0.6 is 0 Å². The number of nitrogens with zero attached hydrogens (tertiary/aromatic N) is 1. The van der Waals surface area contributed by atoms with Crippen LogP contribution in [0, 0.1) is 11.6 Å². The molecule has 0 aliphatic carbocycles. The van der Waals surface area contributed by atoms with Gasteiger partial charge in [0.2, 0.25) is 0 Å². The summed E-state index contributed by atoms with van der Waals surface area (Å²) in [4.78, 5) is 14.3. The summed E-state index contributed by atoms with van der Waals surface area (Å²) in [5.74, 6) is -1.90. The lowest BCUT2D eigenvalue weighted by Gasteiger charge is -2.19. The molecule has 1 aliphatic heterocycles. The second kappa shape index (κ2) is 8.99. The Bertz CT molecular complexity index is 897. The minimum Gasteiger partial charge on any atom is -0.449 e. The van der Waals surface area contributed by atoms with Crippen LogP contribution < -0.4 is 5.32 Å². The monoisotopic (exact) mass is 428 g/mol. The van der Waals surface area contributed by atoms with Crippen molar-refractivity contribution in [3.63, 3.8) is 0 Å². The predicted molar refractivity (Wildman–Crippen MR) is 102 cm³/mol. The second-order valence-electron chi connectivity index (χ2n) is 7.24. The number of hydrogen-bond acceptors (Lipinski definition) is 3. The van der Waals surface area contributed by atoms with Gasteiger partial charge in [0.1, 0.15) is 11.6 Å². The van der Waals surface area contributed by atoms with E-state index in [0.29, 0.717) is 18.5 Å². The van der Waals surface area contributed by atoms with Gasteiger partial charge in [0.05, 0.1) is 17.9 Å². The molecule has 4 nitrogen and oxygen atoms in total. The quantitative estimate of drug-likeness (QED) is 0.623. The number of rotatable bonds is 5. The van der Waals surface area contributed by atoms with Crippen molar-refractivity contribution in [3.8, 4) is 11.1 Å². The van der Waals surface area contributed by atoms with Gasteiger partial charge in [0.15, 0.2) is 0 Å². The Hall–Kier alpha value is -2.68. The van der Waals surface area contributed by atoms with Crippen LogP contribution in [0.3, 0.4) is 0 Å². The molecule has 0 radical (unpaired) electrons. The smallest absolute Gasteiger partial charge is 0.416 e. The molecule has 2 aromatic rings. The largest absolute Gasteiger partial charge is 0.449 e. The van der Waals surface area contributed by atoms with Gasteiger partial charge < -0.3 is 9.64 Å². The fourth-order valence-corrected chi connectivity index (χ4v) is 3.56. The summed E-state index contributed by atoms with van der Waals surface area (Å²) < 4.78 is 71.7. The first-order valence-corrected chi connectivity index (χ1v) is 9.45. The van der Waals surface area contributed by atoms with Crippen molar-refractivity contribution in [1.82, 2.24) is 4.90 Å². The minimum absolute atomic E-state index is 0.0454. The van der Waals surface area contributed by atoms with Gasteiger partial charge in [-0.1, -0.05) is 0 Å². The zero-order chi connectivity index (χ0) is 21.9. The van der Waals surface area contributed by atoms with Crippen LogP contribution in [0.25, 0.3) is 11.1 Å². The molecular formula is C21H21F5N2O2. The van der Waals surface area contributed by atoms with Crippen LogP contribution in [0.2, 0.25) is 0 Å². The highest BCUT2D eigenvalue weighted by Gasteiger charge is 2.31. The van der Waals surface area contributed by atoms with E-state index < -0.39 is 29.5 Å². The van der Waals surface area contributed by atoms with E-state index in [4.69, 9.17) is 4.74 Å². The molecule has 0 spiro atoms. The van der Waals surface area contributed by atoms with E-state index in [-0.39, 0.29) is 23.4 Å². The third-order valence-corrected chi connectivity index (χ3v) is 5.11. The van der Waals surface area contributed by atoms with Crippen LogP contribution in [0.4, 0.5) is 32.4 Å². The molecule has 9 heteroatoms. The van der Waals surface area contributed by atoms with Gasteiger partial charge in [0.25, 0.3) is 0 Å². The molecule has 2 aromatic carbocycles. The number of amides is 1. The van der Waals surface area contributed by atoms with Gasteiger partial charge in [-0.05, 0) is 68.8 Å². The average molecular weight is 428 g/mol. The van der Waals surface area contributed by atoms with Gasteiger partial charge in [0, 0.05) is 17.7 Å². The van der Waals surface area contributed by atoms with E-state index >= 15 is 0 Å². The Kier molecular flexibility index (Phi) is 6.60. The van der Waals surface area contributed by atoms with Gasteiger partial charge in [-0.15, -0.1) is 0 Å². The van der Waals surface area contributed by atoms with Crippen molar-refractivity contribution < 1.29 is 31.5 Å². The van der Waals surface area contributed by atoms with E-state index in [2.05, 4.69) is 10.2 Å². The second-order valence-corrected chi connectivity index (χ2v) is 7.24. The molecular weight excluding hydrogens is 407 g/mol. The zero-order valence-electron chi connectivity index (χ0n) is 16.2. The lowest BCUT2D eigenvalue weighted by Crippen LogP contribution is -2.27. The van der Waals surface area contributed by atoms with Crippen molar-refractivity contribution in [3.05, 3.63) is 53.6 Å². The van der Waals surface area contributed by atoms with Gasteiger partial charge in [-0.3, -0.25) is 5.32 Å². The maximum Gasteiger partial charge on any atom is 0.416 e. The average Bonchev–Trinajstić information content (AvgIpc) is 3.05. The number of likely N-dealkylation sites (tertiary alicyclic amines) is 1. The fraction of sp³-hybridized carbons (Fsp3) is 0.381. The third kappa shape index (κ3) is 5.47. The first-order valence-electron chi connectivity index (χ1n) is 9.45. The predicted octanol–water partition coefficient (Wildman–Crippen LogP) is 5.68. The summed E-state index contributed by atoms with van der Waals surface area (Å²) in [6.45, 7) is 1.13. The number of halogens is 5. The number of anilines is 1. The lowest BCUT2D eigenvalue weighted by atomic mass is 10.00. The van der Waals surface area contributed by atoms with Crippen LogP contribution in [-0.4, -0.2) is 37.2 Å². The summed E-state index contributed by atoms with van der Waals surface area (Å²) in [6, 6.07) is 5.26. The molecule has 0 aromatic heterocycles. The zero-order valence-corrected chi connectivity index (χ0v) is 16.2. The molecule has 1 heterocycles. The Morgan fingerprint density at radius 3 is 2.47 bits per heavy atom. The van der Waals surface area contributed by atoms with Gasteiger partial charge >= 0.3 is 12.3 Å². The number of carbonyl (C=O) groups is 1. The SMILES string of the molecule is CN1CCCC1CCOC(=O)Nc1ccc(C(F)(F)F)cc1-c1cc(F)cc(F)c1. The Morgan fingerprint density at radius 1 is 1.17 bits per heavy atom. The van der Waals surface area contributed by atoms with E-state index in [1.807, 2.05) is 7.05 Å². The highest BCUT2D eigenvalue weighted by molar-refractivity contribution is 5.91. The molecule has 1 fully saturated rings. The first-order chi connectivity index (χ1) is 14.1. The van der Waals surface area contributed by atoms with E-state index in [1.165, 1.54) is 0 Å². The van der Waals surface area contributed by atoms with Gasteiger partial charge in [-0.25, -0.2) is 13.6 Å². The Morgan fingerprint density at radius 2 is 1.87 bits per heavy atom. The topological polar surface area (TPSA) is 41.6 Å². The fourth-order valence-electron chi connectivity index (χ4n) is 3.56. The van der Waals surface area contributed by atoms with Crippen molar-refractivity contribution in [2.75, 3.05) is 25.5 Å². The standard InChI is InChI=1S/C21H21F5N2O2/c1-28-7-2-3-17(28)6-8-30-20(29)27-19-5-4-14(21(24,25)26)11-18(19)13-9-15(22)12-16(23)10-13/h4-5,9-12,17H,2-3,6-8H2,1H3,(H,27,29). The van der Waals surface area contributed by atoms with Crippen molar-refractivity contribution in [2.45, 2.75) is 31.5 Å². The lowest BCUT2D eigenvalue weighted by molar-refractivity contribution is -0.137. The number of hydrogen-bond donors (Lipinski definition) is 1. The number of alkyl halides is 3. The van der Waals surface area contributed by atoms with E-state index in [9.17, 15) is 26.7 Å². The third-order valence-electron chi connectivity index (χ3n) is 5.11. The molecule has 1 amide bonds. The molecule has 3 rings (SSSR count). The molecule has 0 bridgehead atoms. The Balaban J connectivity index is 1.78. The van der Waals surface area contributed by atoms with E-state index in [1.54, 1.807) is 0 Å². The van der Waals surface area contributed by atoms with Crippen molar-refractivity contribution >= 4 is 11.8 Å². The highest BCUT2D eigenvalue weighted by atomic mass is 19.4. The van der Waals surface area contributed by atoms with Crippen molar-refractivity contribution in [1.29, 1.82) is 0 Å². The summed E-state index contributed by atoms with van der Waals surface area (Å²) in [5, 5.41) is 2.38. The maximum absolute atomic E-state index is 13.6. The molecule has 1 atom stereocenters. The summed E-state index contributed by atoms with van der Waals surface area (Å²) in [5.41, 5.74) is -1.36. The Labute approximate surface area is 170 Å². The minimum atomic E-state index is -4.66. The molecule has 1 aliphatic rings. The molecule has 162 valence electrons. The number of ether oxygens (including phenoxy) is 1. The highest BCUT2D eigenvalue weighted by Crippen LogP contribution is 2.36. The first kappa shape index (κ1) is 22.0. The van der Waals surface area contributed by atoms with E-state index in [0.717, 1.165) is 49.7 Å². The summed E-state index contributed by atoms with van der Waals surface area (Å²) >= 11 is 0. The molecule has 30 heavy (non-hydrogen) atoms. The van der Waals surface area contributed by atoms with Crippen molar-refractivity contribution in [2.24, 2.45) is 0 Å². The van der Waals surface area contributed by atoms with Crippen LogP contribution in [0.15, 0.2) is 36.4 Å². The normalized spacial score (nSPS) is 17.2. The molecule has 1 unspecified atom stereocenters. The number of nitrogens with one attached hydrogen (secondary N) is 1. The van der Waals surface area contributed by atoms with Crippen LogP contribution in [-0.2, 0) is 10.9 Å². The van der Waals surface area contributed by atoms with Crippen LogP contribution in [0.5, 0.6) is 0 Å². The molecule has 0 saturated carbocycles. The molecule has 1 saturated heterocycles. The summed E-state index contributed by atoms with van der Waals surface area (Å²) in [6.07, 6.45) is -2.79. The maximum atomic E-state index is 13.6. The molecule has 1 N–H and O–H groups in total. The van der Waals surface area contributed by atoms with Gasteiger partial charge in [-0.2, -0.15) is 13.2 Å².